The first kappa shape index (κ1) is 17.1. The normalized spacial score (nSPS) is 16.3. The Hall–Kier alpha value is -0.940. The second-order valence-electron chi connectivity index (χ2n) is 4.23. The van der Waals surface area contributed by atoms with Crippen molar-refractivity contribution in [3.63, 3.8) is 0 Å². The van der Waals surface area contributed by atoms with Crippen molar-refractivity contribution in [3.8, 4) is 0 Å². The highest BCUT2D eigenvalue weighted by atomic mass is 19.4. The molecular weight excluding hydrogens is 247 g/mol. The number of halogens is 3. The van der Waals surface area contributed by atoms with Crippen LogP contribution in [-0.2, 0) is 4.74 Å². The van der Waals surface area contributed by atoms with Gasteiger partial charge in [0, 0.05) is 6.04 Å². The molecule has 1 N–H and O–H groups in total. The predicted molar refractivity (Wildman–Crippen MR) is 63.3 cm³/mol. The van der Waals surface area contributed by atoms with E-state index in [9.17, 15) is 18.0 Å². The maximum absolute atomic E-state index is 11.7. The third kappa shape index (κ3) is 10.2. The molecule has 0 aromatic rings. The van der Waals surface area contributed by atoms with Gasteiger partial charge >= 0.3 is 12.3 Å². The van der Waals surface area contributed by atoms with Crippen LogP contribution < -0.4 is 5.32 Å². The second kappa shape index (κ2) is 8.21. The minimum absolute atomic E-state index is 0.0362. The molecule has 1 amide bonds. The Morgan fingerprint density at radius 2 is 1.94 bits per heavy atom. The molecule has 1 aliphatic carbocycles. The lowest BCUT2D eigenvalue weighted by Gasteiger charge is -2.13. The third-order valence-corrected chi connectivity index (χ3v) is 2.37. The topological polar surface area (TPSA) is 38.3 Å². The molecule has 0 aromatic carbocycles. The molecule has 3 nitrogen and oxygen atoms in total. The molecule has 1 unspecified atom stereocenters. The molecular formula is C12H22F3NO2. The molecule has 0 aliphatic heterocycles. The van der Waals surface area contributed by atoms with Crippen molar-refractivity contribution in [2.24, 2.45) is 5.92 Å². The predicted octanol–water partition coefficient (Wildman–Crippen LogP) is 3.88. The number of hydrogen-bond donors (Lipinski definition) is 1. The molecule has 0 spiro atoms. The van der Waals surface area contributed by atoms with Crippen LogP contribution in [0.4, 0.5) is 18.0 Å². The van der Waals surface area contributed by atoms with Crippen molar-refractivity contribution in [3.05, 3.63) is 0 Å². The highest BCUT2D eigenvalue weighted by Gasteiger charge is 2.28. The first-order valence-electron chi connectivity index (χ1n) is 6.37. The Balaban J connectivity index is 0.00000137. The van der Waals surface area contributed by atoms with E-state index < -0.39 is 25.3 Å². The van der Waals surface area contributed by atoms with Gasteiger partial charge in [0.25, 0.3) is 0 Å². The fourth-order valence-corrected chi connectivity index (χ4v) is 1.41. The Labute approximate surface area is 106 Å². The van der Waals surface area contributed by atoms with E-state index in [1.54, 1.807) is 0 Å². The van der Waals surface area contributed by atoms with Crippen LogP contribution in [0.25, 0.3) is 0 Å². The maximum Gasteiger partial charge on any atom is 0.407 e. The highest BCUT2D eigenvalue weighted by molar-refractivity contribution is 5.67. The van der Waals surface area contributed by atoms with Gasteiger partial charge in [0.15, 0.2) is 0 Å². The van der Waals surface area contributed by atoms with Crippen LogP contribution in [0.15, 0.2) is 0 Å². The zero-order valence-corrected chi connectivity index (χ0v) is 11.1. The number of hydrogen-bond acceptors (Lipinski definition) is 2. The van der Waals surface area contributed by atoms with Crippen LogP contribution in [0.1, 0.15) is 46.5 Å². The Bertz CT molecular complexity index is 240. The largest absolute Gasteiger partial charge is 0.449 e. The molecule has 1 atom stereocenters. The zero-order valence-electron chi connectivity index (χ0n) is 11.1. The molecule has 0 heterocycles. The van der Waals surface area contributed by atoms with Gasteiger partial charge in [-0.15, -0.1) is 0 Å². The Morgan fingerprint density at radius 1 is 1.39 bits per heavy atom. The molecule has 0 saturated heterocycles. The summed E-state index contributed by atoms with van der Waals surface area (Å²) in [6, 6.07) is -0.0362. The van der Waals surface area contributed by atoms with Gasteiger partial charge in [-0.2, -0.15) is 13.2 Å². The summed E-state index contributed by atoms with van der Waals surface area (Å²) < 4.78 is 39.6. The number of alkyl halides is 3. The summed E-state index contributed by atoms with van der Waals surface area (Å²) >= 11 is 0. The van der Waals surface area contributed by atoms with E-state index in [4.69, 9.17) is 0 Å². The van der Waals surface area contributed by atoms with Gasteiger partial charge in [-0.25, -0.2) is 4.79 Å². The Morgan fingerprint density at radius 3 is 2.39 bits per heavy atom. The quantitative estimate of drug-likeness (QED) is 0.822. The number of rotatable bonds is 5. The monoisotopic (exact) mass is 269 g/mol. The van der Waals surface area contributed by atoms with Crippen molar-refractivity contribution in [1.82, 2.24) is 5.32 Å². The molecule has 0 bridgehead atoms. The van der Waals surface area contributed by atoms with Crippen LogP contribution in [0.5, 0.6) is 0 Å². The van der Waals surface area contributed by atoms with Crippen molar-refractivity contribution in [2.75, 3.05) is 6.61 Å². The minimum Gasteiger partial charge on any atom is -0.449 e. The summed E-state index contributed by atoms with van der Waals surface area (Å²) in [5.41, 5.74) is 0. The smallest absolute Gasteiger partial charge is 0.407 e. The van der Waals surface area contributed by atoms with Gasteiger partial charge in [-0.1, -0.05) is 26.7 Å². The second-order valence-corrected chi connectivity index (χ2v) is 4.23. The van der Waals surface area contributed by atoms with Crippen LogP contribution >= 0.6 is 0 Å². The van der Waals surface area contributed by atoms with Gasteiger partial charge in [0.05, 0.1) is 6.42 Å². The number of amides is 1. The standard InChI is InChI=1S/C10H16F3NO2.C2H6/c1-7(6-8-2-3-8)14-9(15)16-5-4-10(11,12)13;1-2/h7-8H,2-6H2,1H3,(H,14,15);1-2H3. The molecule has 1 rings (SSSR count). The van der Waals surface area contributed by atoms with Crippen molar-refractivity contribution in [1.29, 1.82) is 0 Å². The van der Waals surface area contributed by atoms with E-state index in [1.807, 2.05) is 20.8 Å². The molecule has 6 heteroatoms. The number of carbonyl (C=O) groups is 1. The average molecular weight is 269 g/mol. The number of alkyl carbamates (subject to hydrolysis) is 1. The third-order valence-electron chi connectivity index (χ3n) is 2.37. The Kier molecular flexibility index (Phi) is 7.78. The SMILES string of the molecule is CC.CC(CC1CC1)NC(=O)OCCC(F)(F)F. The van der Waals surface area contributed by atoms with Gasteiger partial charge < -0.3 is 10.1 Å². The molecule has 1 aliphatic rings. The van der Waals surface area contributed by atoms with Gasteiger partial charge in [0.2, 0.25) is 0 Å². The zero-order chi connectivity index (χ0) is 14.2. The number of carbonyl (C=O) groups excluding carboxylic acids is 1. The fourth-order valence-electron chi connectivity index (χ4n) is 1.41. The summed E-state index contributed by atoms with van der Waals surface area (Å²) in [6.07, 6.45) is -2.92. The molecule has 0 radical (unpaired) electrons. The van der Waals surface area contributed by atoms with Crippen LogP contribution in [-0.4, -0.2) is 24.9 Å². The van der Waals surface area contributed by atoms with Gasteiger partial charge in [0.1, 0.15) is 6.61 Å². The molecule has 0 aromatic heterocycles. The first-order chi connectivity index (χ1) is 8.37. The van der Waals surface area contributed by atoms with Crippen molar-refractivity contribution >= 4 is 6.09 Å². The van der Waals surface area contributed by atoms with Crippen LogP contribution in [0, 0.1) is 5.92 Å². The van der Waals surface area contributed by atoms with E-state index in [0.29, 0.717) is 5.92 Å². The summed E-state index contributed by atoms with van der Waals surface area (Å²) in [5.74, 6) is 0.658. The van der Waals surface area contributed by atoms with Crippen LogP contribution in [0.3, 0.4) is 0 Å². The maximum atomic E-state index is 11.7. The summed E-state index contributed by atoms with van der Waals surface area (Å²) in [7, 11) is 0. The van der Waals surface area contributed by atoms with E-state index in [0.717, 1.165) is 6.42 Å². The minimum atomic E-state index is -4.28. The summed E-state index contributed by atoms with van der Waals surface area (Å²) in [4.78, 5) is 11.0. The molecule has 108 valence electrons. The molecule has 18 heavy (non-hydrogen) atoms. The average Bonchev–Trinajstić information content (AvgIpc) is 3.02. The molecule has 1 fully saturated rings. The lowest BCUT2D eigenvalue weighted by Crippen LogP contribution is -2.34. The van der Waals surface area contributed by atoms with E-state index in [-0.39, 0.29) is 6.04 Å². The highest BCUT2D eigenvalue weighted by Crippen LogP contribution is 2.33. The van der Waals surface area contributed by atoms with Gasteiger partial charge in [-0.3, -0.25) is 0 Å². The van der Waals surface area contributed by atoms with E-state index in [2.05, 4.69) is 10.1 Å². The first-order valence-corrected chi connectivity index (χ1v) is 6.37. The summed E-state index contributed by atoms with van der Waals surface area (Å²) in [6.45, 7) is 5.20. The lowest BCUT2D eigenvalue weighted by molar-refractivity contribution is -0.141. The summed E-state index contributed by atoms with van der Waals surface area (Å²) in [5, 5.41) is 2.51. The van der Waals surface area contributed by atoms with E-state index in [1.165, 1.54) is 12.8 Å². The number of nitrogens with one attached hydrogen (secondary N) is 1. The van der Waals surface area contributed by atoms with E-state index >= 15 is 0 Å². The fraction of sp³-hybridized carbons (Fsp3) is 0.917. The van der Waals surface area contributed by atoms with Gasteiger partial charge in [-0.05, 0) is 19.3 Å². The van der Waals surface area contributed by atoms with Crippen LogP contribution in [0.2, 0.25) is 0 Å². The van der Waals surface area contributed by atoms with Crippen molar-refractivity contribution in [2.45, 2.75) is 58.7 Å². The van der Waals surface area contributed by atoms with Crippen molar-refractivity contribution < 1.29 is 22.7 Å². The lowest BCUT2D eigenvalue weighted by atomic mass is 10.2. The molecule has 1 saturated carbocycles. The number of ether oxygens (including phenoxy) is 1.